The van der Waals surface area contributed by atoms with Crippen LogP contribution in [-0.2, 0) is 9.59 Å². The van der Waals surface area contributed by atoms with E-state index < -0.39 is 24.0 Å². The van der Waals surface area contributed by atoms with Crippen molar-refractivity contribution in [2.75, 3.05) is 0 Å². The standard InChI is InChI=1S/C6H11N2O3.2Rb/c1-3(7)5(9)8-4(2)6(10)11;;/h3-4,7H,1-2H3,(H,8,9)(H,10,11);;/q-1;2*+1/p-1. The first-order valence-electron chi connectivity index (χ1n) is 3.17. The molecule has 2 N–H and O–H groups in total. The van der Waals surface area contributed by atoms with Crippen LogP contribution in [0.1, 0.15) is 13.8 Å². The van der Waals surface area contributed by atoms with Gasteiger partial charge in [-0.15, -0.1) is 0 Å². The van der Waals surface area contributed by atoms with Crippen LogP contribution in [0.2, 0.25) is 0 Å². The molecule has 0 aliphatic rings. The average Bonchev–Trinajstić information content (AvgIpc) is 1.87. The molecule has 0 aliphatic carbocycles. The topological polar surface area (TPSA) is 93.0 Å². The first-order chi connectivity index (χ1) is 4.95. The van der Waals surface area contributed by atoms with Crippen LogP contribution in [-0.4, -0.2) is 24.0 Å². The Morgan fingerprint density at radius 3 is 1.92 bits per heavy atom. The van der Waals surface area contributed by atoms with Gasteiger partial charge in [-0.05, 0) is 6.92 Å². The van der Waals surface area contributed by atoms with Crippen molar-refractivity contribution in [3.05, 3.63) is 5.73 Å². The van der Waals surface area contributed by atoms with Crippen molar-refractivity contribution in [1.82, 2.24) is 5.32 Å². The Balaban J connectivity index is -0.000000500. The van der Waals surface area contributed by atoms with Crippen LogP contribution in [0, 0.1) is 0 Å². The van der Waals surface area contributed by atoms with E-state index in [4.69, 9.17) is 5.73 Å². The molecule has 0 bridgehead atoms. The van der Waals surface area contributed by atoms with E-state index in [1.807, 2.05) is 0 Å². The Morgan fingerprint density at radius 1 is 1.31 bits per heavy atom. The maximum atomic E-state index is 10.7. The average molecular weight is 329 g/mol. The number of aliphatic carboxylic acids is 1. The maximum Gasteiger partial charge on any atom is 1.00 e. The number of carboxylic acid groups (broad SMARTS) is 1. The fraction of sp³-hybridized carbons (Fsp3) is 0.667. The van der Waals surface area contributed by atoms with Gasteiger partial charge < -0.3 is 21.0 Å². The second-order valence-corrected chi connectivity index (χ2v) is 2.27. The minimum Gasteiger partial charge on any atom is -0.667 e. The minimum atomic E-state index is -1.35. The molecule has 0 fully saturated rings. The van der Waals surface area contributed by atoms with Crippen LogP contribution in [0.15, 0.2) is 0 Å². The maximum absolute atomic E-state index is 10.7. The predicted molar refractivity (Wildman–Crippen MR) is 36.4 cm³/mol. The van der Waals surface area contributed by atoms with Gasteiger partial charge in [0.15, 0.2) is 0 Å². The number of hydrogen-bond acceptors (Lipinski definition) is 3. The second-order valence-electron chi connectivity index (χ2n) is 2.27. The van der Waals surface area contributed by atoms with Crippen molar-refractivity contribution in [2.45, 2.75) is 25.9 Å². The van der Waals surface area contributed by atoms with E-state index in [1.54, 1.807) is 0 Å². The largest absolute Gasteiger partial charge is 1.00 e. The number of hydrogen-bond donors (Lipinski definition) is 1. The Hall–Kier alpha value is 2.51. The van der Waals surface area contributed by atoms with Gasteiger partial charge in [0, 0.05) is 0 Å². The second kappa shape index (κ2) is 11.0. The van der Waals surface area contributed by atoms with E-state index in [0.29, 0.717) is 0 Å². The van der Waals surface area contributed by atoms with Crippen LogP contribution in [0.3, 0.4) is 0 Å². The van der Waals surface area contributed by atoms with Crippen molar-refractivity contribution in [3.63, 3.8) is 0 Å². The molecule has 0 saturated heterocycles. The van der Waals surface area contributed by atoms with Crippen molar-refractivity contribution >= 4 is 11.9 Å². The van der Waals surface area contributed by atoms with Gasteiger partial charge in [0.1, 0.15) is 0 Å². The Labute approximate surface area is 175 Å². The van der Waals surface area contributed by atoms with Crippen LogP contribution in [0.25, 0.3) is 5.73 Å². The summed E-state index contributed by atoms with van der Waals surface area (Å²) in [7, 11) is 0. The number of carbonyl (C=O) groups is 2. The number of nitrogens with one attached hydrogen (secondary N) is 2. The third-order valence-electron chi connectivity index (χ3n) is 1.11. The van der Waals surface area contributed by atoms with Gasteiger partial charge in [0.25, 0.3) is 0 Å². The summed E-state index contributed by atoms with van der Waals surface area (Å²) in [6.45, 7) is 2.65. The zero-order valence-electron chi connectivity index (χ0n) is 8.38. The number of carbonyl (C=O) groups excluding carboxylic acids is 2. The van der Waals surface area contributed by atoms with Gasteiger partial charge in [-0.3, -0.25) is 4.79 Å². The van der Waals surface area contributed by atoms with Crippen molar-refractivity contribution < 1.29 is 131 Å². The van der Waals surface area contributed by atoms with Crippen molar-refractivity contribution in [1.29, 1.82) is 0 Å². The number of amides is 1. The molecule has 2 atom stereocenters. The molecule has 13 heavy (non-hydrogen) atoms. The minimum absolute atomic E-state index is 0. The van der Waals surface area contributed by atoms with Crippen LogP contribution in [0.4, 0.5) is 0 Å². The molecule has 2 unspecified atom stereocenters. The van der Waals surface area contributed by atoms with Gasteiger partial charge in [-0.2, -0.15) is 0 Å². The molecule has 0 radical (unpaired) electrons. The molecule has 0 rings (SSSR count). The smallest absolute Gasteiger partial charge is 0.667 e. The molecule has 0 aromatic rings. The molecule has 0 spiro atoms. The van der Waals surface area contributed by atoms with Gasteiger partial charge in [-0.1, -0.05) is 13.0 Å². The molecule has 0 aromatic carbocycles. The van der Waals surface area contributed by atoms with Gasteiger partial charge in [0.2, 0.25) is 5.91 Å². The molecule has 0 heterocycles. The summed E-state index contributed by atoms with van der Waals surface area (Å²) in [6.07, 6.45) is 0. The molecule has 64 valence electrons. The van der Waals surface area contributed by atoms with Crippen LogP contribution in [0.5, 0.6) is 0 Å². The Kier molecular flexibility index (Phi) is 17.7. The molecule has 1 amide bonds. The molecule has 7 heteroatoms. The SMILES string of the molecule is CC([NH-])C(=O)NC(C)C(=O)[O-].[Rb+].[Rb+]. The third-order valence-corrected chi connectivity index (χ3v) is 1.11. The fourth-order valence-corrected chi connectivity index (χ4v) is 0.397. The number of rotatable bonds is 3. The van der Waals surface area contributed by atoms with Crippen molar-refractivity contribution in [3.8, 4) is 0 Å². The third kappa shape index (κ3) is 10.8. The van der Waals surface area contributed by atoms with Gasteiger partial charge >= 0.3 is 116 Å². The van der Waals surface area contributed by atoms with E-state index >= 15 is 0 Å². The zero-order chi connectivity index (χ0) is 9.02. The molecule has 0 saturated carbocycles. The van der Waals surface area contributed by atoms with Crippen LogP contribution >= 0.6 is 0 Å². The molecule has 0 aliphatic heterocycles. The first-order valence-corrected chi connectivity index (χ1v) is 3.17. The summed E-state index contributed by atoms with van der Waals surface area (Å²) in [5.41, 5.74) is 6.89. The summed E-state index contributed by atoms with van der Waals surface area (Å²) >= 11 is 0. The number of carboxylic acids is 1. The first kappa shape index (κ1) is 20.9. The van der Waals surface area contributed by atoms with E-state index in [0.717, 1.165) is 0 Å². The monoisotopic (exact) mass is 328 g/mol. The zero-order valence-corrected chi connectivity index (χ0v) is 18.2. The summed E-state index contributed by atoms with van der Waals surface area (Å²) in [6, 6.07) is -1.98. The summed E-state index contributed by atoms with van der Waals surface area (Å²) in [4.78, 5) is 20.7. The summed E-state index contributed by atoms with van der Waals surface area (Å²) < 4.78 is 0. The van der Waals surface area contributed by atoms with E-state index in [9.17, 15) is 14.7 Å². The molecule has 5 nitrogen and oxygen atoms in total. The molecular weight excluding hydrogens is 319 g/mol. The van der Waals surface area contributed by atoms with Crippen molar-refractivity contribution in [2.24, 2.45) is 0 Å². The molecule has 0 aromatic heterocycles. The Morgan fingerprint density at radius 2 is 1.69 bits per heavy atom. The normalized spacial score (nSPS) is 12.8. The van der Waals surface area contributed by atoms with E-state index in [-0.39, 0.29) is 116 Å². The fourth-order valence-electron chi connectivity index (χ4n) is 0.397. The predicted octanol–water partition coefficient (Wildman–Crippen LogP) is -7.31. The van der Waals surface area contributed by atoms with Gasteiger partial charge in [-0.25, -0.2) is 0 Å². The quantitative estimate of drug-likeness (QED) is 0.558. The summed E-state index contributed by atoms with van der Waals surface area (Å²) in [5.74, 6) is -1.96. The summed E-state index contributed by atoms with van der Waals surface area (Å²) in [5, 5.41) is 12.2. The van der Waals surface area contributed by atoms with Gasteiger partial charge in [0.05, 0.1) is 12.0 Å². The Bertz CT molecular complexity index is 175. The van der Waals surface area contributed by atoms with E-state index in [2.05, 4.69) is 5.32 Å². The molecular formula is C6H10N2O3Rb2. The van der Waals surface area contributed by atoms with E-state index in [1.165, 1.54) is 13.8 Å². The van der Waals surface area contributed by atoms with Crippen LogP contribution < -0.4 is 127 Å².